The second kappa shape index (κ2) is 15.9. The third-order valence-electron chi connectivity index (χ3n) is 10.00. The van der Waals surface area contributed by atoms with E-state index in [1.54, 1.807) is 0 Å². The van der Waals surface area contributed by atoms with Crippen molar-refractivity contribution in [3.63, 3.8) is 0 Å². The van der Waals surface area contributed by atoms with Crippen LogP contribution in [0.4, 0.5) is 0 Å². The van der Waals surface area contributed by atoms with Gasteiger partial charge in [0.15, 0.2) is 5.78 Å². The molecule has 0 atom stereocenters. The average molecular weight is 803 g/mol. The quantitative estimate of drug-likeness (QED) is 0.0985. The largest absolute Gasteiger partial charge is 0.512 e. The Morgan fingerprint density at radius 1 is 0.891 bits per heavy atom. The van der Waals surface area contributed by atoms with Crippen molar-refractivity contribution in [2.45, 2.75) is 122 Å². The number of pyridine rings is 1. The maximum absolute atomic E-state index is 12.2. The van der Waals surface area contributed by atoms with E-state index in [1.807, 2.05) is 41.5 Å². The predicted molar refractivity (Wildman–Crippen MR) is 191 cm³/mol. The Hall–Kier alpha value is -2.75. The number of furan rings is 1. The summed E-state index contributed by atoms with van der Waals surface area (Å²) in [4.78, 5) is 17.3. The van der Waals surface area contributed by atoms with Crippen molar-refractivity contribution in [2.24, 2.45) is 16.7 Å². The molecule has 1 N–H and O–H groups in total. The van der Waals surface area contributed by atoms with Crippen molar-refractivity contribution < 1.29 is 34.4 Å². The number of aliphatic hydroxyl groups excluding tert-OH is 1. The summed E-state index contributed by atoms with van der Waals surface area (Å²) in [5.74, 6) is 1.90. The fourth-order valence-electron chi connectivity index (χ4n) is 5.99. The number of allylic oxidation sites excluding steroid dienone is 2. The molecule has 2 aromatic carbocycles. The Balaban J connectivity index is 0.000000356. The molecule has 2 heterocycles. The maximum Gasteiger partial charge on any atom is 0.164 e. The average Bonchev–Trinajstić information content (AvgIpc) is 3.29. The van der Waals surface area contributed by atoms with Crippen LogP contribution < -0.4 is 0 Å². The van der Waals surface area contributed by atoms with E-state index in [2.05, 4.69) is 78.8 Å². The molecular weight excluding hydrogens is 747 g/mol. The van der Waals surface area contributed by atoms with E-state index in [0.717, 1.165) is 76.6 Å². The summed E-state index contributed by atoms with van der Waals surface area (Å²) < 4.78 is 6.51. The molecular formula is C41H56IrNO3-. The summed E-state index contributed by atoms with van der Waals surface area (Å²) in [6.07, 6.45) is 5.69. The molecule has 4 rings (SSSR count). The van der Waals surface area contributed by atoms with Gasteiger partial charge in [0.1, 0.15) is 17.1 Å². The van der Waals surface area contributed by atoms with Crippen LogP contribution in [0.2, 0.25) is 0 Å². The van der Waals surface area contributed by atoms with Gasteiger partial charge < -0.3 is 9.52 Å². The number of nitrogens with zero attached hydrogens (tertiary/aromatic N) is 1. The minimum absolute atomic E-state index is 0. The van der Waals surface area contributed by atoms with Gasteiger partial charge in [-0.05, 0) is 75.1 Å². The van der Waals surface area contributed by atoms with Crippen molar-refractivity contribution in [3.8, 4) is 11.3 Å². The maximum atomic E-state index is 12.2. The third kappa shape index (κ3) is 8.39. The first-order valence-electron chi connectivity index (χ1n) is 16.8. The molecule has 0 saturated heterocycles. The Labute approximate surface area is 291 Å². The van der Waals surface area contributed by atoms with Gasteiger partial charge in [-0.3, -0.25) is 9.78 Å². The minimum Gasteiger partial charge on any atom is -0.512 e. The number of benzene rings is 2. The number of aliphatic hydroxyl groups is 1. The number of fused-ring (bicyclic) bond motifs is 3. The molecule has 0 aliphatic heterocycles. The Morgan fingerprint density at radius 3 is 1.98 bits per heavy atom. The second-order valence-electron chi connectivity index (χ2n) is 14.1. The molecule has 4 aromatic rings. The molecule has 0 saturated carbocycles. The third-order valence-corrected chi connectivity index (χ3v) is 10.00. The van der Waals surface area contributed by atoms with Gasteiger partial charge in [0, 0.05) is 59.9 Å². The first kappa shape index (κ1) is 39.4. The molecule has 4 nitrogen and oxygen atoms in total. The molecule has 0 aliphatic rings. The zero-order valence-corrected chi connectivity index (χ0v) is 32.9. The van der Waals surface area contributed by atoms with Crippen LogP contribution in [-0.2, 0) is 31.3 Å². The molecule has 253 valence electrons. The fraction of sp³-hybridized carbons (Fsp3) is 0.512. The Morgan fingerprint density at radius 2 is 1.46 bits per heavy atom. The van der Waals surface area contributed by atoms with Crippen LogP contribution in [0, 0.1) is 57.4 Å². The molecule has 0 unspecified atom stereocenters. The van der Waals surface area contributed by atoms with Crippen LogP contribution in [0.5, 0.6) is 0 Å². The molecule has 0 fully saturated rings. The molecule has 46 heavy (non-hydrogen) atoms. The second-order valence-corrected chi connectivity index (χ2v) is 14.1. The SMILES string of the molecule is CCC(C)(CC)C(=O)/C=C(\O)C(C)(CC)CC.Cc1[c-]c(-c2nc3cc(C)cc(C)c3c3oc(CC(C)C)c(C)c23)cc(C)c1.[Ir]. The van der Waals surface area contributed by atoms with Gasteiger partial charge in [0.05, 0.1) is 5.52 Å². The van der Waals surface area contributed by atoms with Gasteiger partial charge in [-0.1, -0.05) is 75.3 Å². The first-order chi connectivity index (χ1) is 21.0. The molecule has 0 amide bonds. The zero-order valence-electron chi connectivity index (χ0n) is 30.5. The topological polar surface area (TPSA) is 63.3 Å². The van der Waals surface area contributed by atoms with Crippen molar-refractivity contribution >= 4 is 27.7 Å². The fourth-order valence-corrected chi connectivity index (χ4v) is 5.99. The van der Waals surface area contributed by atoms with E-state index >= 15 is 0 Å². The van der Waals surface area contributed by atoms with Gasteiger partial charge in [0.25, 0.3) is 0 Å². The van der Waals surface area contributed by atoms with Crippen LogP contribution in [0.25, 0.3) is 33.1 Å². The number of hydrogen-bond acceptors (Lipinski definition) is 4. The van der Waals surface area contributed by atoms with Crippen molar-refractivity contribution in [2.75, 3.05) is 0 Å². The monoisotopic (exact) mass is 803 g/mol. The van der Waals surface area contributed by atoms with Gasteiger partial charge >= 0.3 is 0 Å². The standard InChI is InChI=1S/C26H28NO.C15H28O2.Ir/c1-14(2)8-22-19(7)24-25(20-11-15(3)9-16(4)12-20)27-21-13-17(5)10-18(6)23(21)26(24)28-22;1-7-14(5,8-2)12(16)11-13(17)15(6,9-3)10-4;/h9-11,13-14H,8H2,1-7H3;11,16H,7-10H2,1-6H3;/q-1;;/b;12-11-;. The number of carbonyl (C=O) groups is 1. The van der Waals surface area contributed by atoms with Crippen LogP contribution in [0.15, 0.2) is 40.5 Å². The number of rotatable bonds is 10. The minimum atomic E-state index is -0.337. The van der Waals surface area contributed by atoms with Gasteiger partial charge in [-0.2, -0.15) is 0 Å². The molecule has 0 bridgehead atoms. The first-order valence-corrected chi connectivity index (χ1v) is 16.8. The summed E-state index contributed by atoms with van der Waals surface area (Å²) in [6, 6.07) is 12.2. The number of ketones is 1. The summed E-state index contributed by atoms with van der Waals surface area (Å²) in [5, 5.41) is 12.4. The number of aryl methyl sites for hydroxylation is 5. The van der Waals surface area contributed by atoms with E-state index in [9.17, 15) is 9.90 Å². The number of hydrogen-bond donors (Lipinski definition) is 1. The van der Waals surface area contributed by atoms with E-state index in [-0.39, 0.29) is 42.5 Å². The Bertz CT molecular complexity index is 1680. The van der Waals surface area contributed by atoms with Crippen molar-refractivity contribution in [1.82, 2.24) is 4.98 Å². The van der Waals surface area contributed by atoms with Gasteiger partial charge in [-0.25, -0.2) is 0 Å². The number of aromatic nitrogens is 1. The number of carbonyl (C=O) groups excluding carboxylic acids is 1. The van der Waals surface area contributed by atoms with Gasteiger partial charge in [0.2, 0.25) is 0 Å². The summed E-state index contributed by atoms with van der Waals surface area (Å²) in [7, 11) is 0. The molecule has 1 radical (unpaired) electrons. The summed E-state index contributed by atoms with van der Waals surface area (Å²) >= 11 is 0. The van der Waals surface area contributed by atoms with Gasteiger partial charge in [-0.15, -0.1) is 34.9 Å². The predicted octanol–water partition coefficient (Wildman–Crippen LogP) is 11.8. The normalized spacial score (nSPS) is 12.3. The zero-order chi connectivity index (χ0) is 33.9. The van der Waals surface area contributed by atoms with E-state index in [1.165, 1.54) is 28.3 Å². The molecule has 5 heteroatoms. The molecule has 0 spiro atoms. The van der Waals surface area contributed by atoms with E-state index in [0.29, 0.717) is 5.92 Å². The Kier molecular flexibility index (Phi) is 13.6. The van der Waals surface area contributed by atoms with Crippen LogP contribution in [-0.4, -0.2) is 15.9 Å². The van der Waals surface area contributed by atoms with Crippen LogP contribution >= 0.6 is 0 Å². The summed E-state index contributed by atoms with van der Waals surface area (Å²) in [5.41, 5.74) is 9.40. The molecule has 2 aromatic heterocycles. The van der Waals surface area contributed by atoms with Crippen molar-refractivity contribution in [3.05, 3.63) is 75.7 Å². The van der Waals surface area contributed by atoms with E-state index < -0.39 is 0 Å². The molecule has 0 aliphatic carbocycles. The van der Waals surface area contributed by atoms with Crippen LogP contribution in [0.3, 0.4) is 0 Å². The summed E-state index contributed by atoms with van der Waals surface area (Å²) in [6.45, 7) is 27.2. The van der Waals surface area contributed by atoms with Crippen molar-refractivity contribution in [1.29, 1.82) is 0 Å². The van der Waals surface area contributed by atoms with E-state index in [4.69, 9.17) is 9.40 Å². The van der Waals surface area contributed by atoms with Crippen LogP contribution in [0.1, 0.15) is 115 Å². The smallest absolute Gasteiger partial charge is 0.164 e.